The lowest BCUT2D eigenvalue weighted by Crippen LogP contribution is -2.39. The molecule has 1 aliphatic heterocycles. The van der Waals surface area contributed by atoms with E-state index in [1.807, 2.05) is 11.0 Å². The first-order valence-electron chi connectivity index (χ1n) is 8.89. The van der Waals surface area contributed by atoms with Crippen LogP contribution in [-0.4, -0.2) is 44.1 Å². The first-order chi connectivity index (χ1) is 12.7. The lowest BCUT2D eigenvalue weighted by atomic mass is 9.91. The Hall–Kier alpha value is -3.02. The number of piperidine rings is 1. The molecular formula is C20H21N5O. The van der Waals surface area contributed by atoms with Crippen molar-refractivity contribution in [1.82, 2.24) is 25.1 Å². The van der Waals surface area contributed by atoms with E-state index < -0.39 is 0 Å². The van der Waals surface area contributed by atoms with Crippen LogP contribution in [0, 0.1) is 6.92 Å². The molecular weight excluding hydrogens is 326 g/mol. The number of amides is 1. The van der Waals surface area contributed by atoms with Crippen LogP contribution in [-0.2, 0) is 0 Å². The molecule has 1 amide bonds. The second kappa shape index (κ2) is 7.07. The van der Waals surface area contributed by atoms with Gasteiger partial charge in [-0.05, 0) is 31.9 Å². The molecule has 1 atom stereocenters. The number of rotatable bonds is 3. The summed E-state index contributed by atoms with van der Waals surface area (Å²) in [6.45, 7) is 3.48. The first kappa shape index (κ1) is 16.4. The van der Waals surface area contributed by atoms with Crippen LogP contribution in [0.25, 0.3) is 11.3 Å². The number of H-pyrrole nitrogens is 1. The number of aryl methyl sites for hydroxylation is 1. The molecule has 26 heavy (non-hydrogen) atoms. The zero-order valence-electron chi connectivity index (χ0n) is 14.7. The van der Waals surface area contributed by atoms with Gasteiger partial charge in [0.05, 0.1) is 11.4 Å². The largest absolute Gasteiger partial charge is 0.337 e. The molecule has 1 aliphatic rings. The summed E-state index contributed by atoms with van der Waals surface area (Å²) in [5, 5.41) is 6.65. The van der Waals surface area contributed by atoms with E-state index in [-0.39, 0.29) is 11.8 Å². The Morgan fingerprint density at radius 1 is 1.19 bits per heavy atom. The van der Waals surface area contributed by atoms with Gasteiger partial charge in [0.2, 0.25) is 0 Å². The summed E-state index contributed by atoms with van der Waals surface area (Å²) >= 11 is 0. The van der Waals surface area contributed by atoms with Gasteiger partial charge >= 0.3 is 0 Å². The predicted octanol–water partition coefficient (Wildman–Crippen LogP) is 3.19. The lowest BCUT2D eigenvalue weighted by molar-refractivity contribution is 0.0700. The highest BCUT2D eigenvalue weighted by Gasteiger charge is 2.28. The van der Waals surface area contributed by atoms with Crippen molar-refractivity contribution < 1.29 is 4.79 Å². The fourth-order valence-electron chi connectivity index (χ4n) is 3.59. The SMILES string of the molecule is Cc1cccc(-c2nccnc2[C@@H]2CCCN(C(=O)c3ccn[nH]3)C2)c1. The molecule has 3 heterocycles. The molecule has 0 saturated carbocycles. The number of aromatic amines is 1. The molecule has 1 aromatic carbocycles. The maximum atomic E-state index is 12.7. The first-order valence-corrected chi connectivity index (χ1v) is 8.89. The number of hydrogen-bond acceptors (Lipinski definition) is 4. The fraction of sp³-hybridized carbons (Fsp3) is 0.300. The van der Waals surface area contributed by atoms with Crippen molar-refractivity contribution in [3.8, 4) is 11.3 Å². The molecule has 0 bridgehead atoms. The Bertz CT molecular complexity index is 906. The van der Waals surface area contributed by atoms with Crippen molar-refractivity contribution in [2.24, 2.45) is 0 Å². The van der Waals surface area contributed by atoms with Gasteiger partial charge in [-0.15, -0.1) is 0 Å². The van der Waals surface area contributed by atoms with Crippen molar-refractivity contribution in [1.29, 1.82) is 0 Å². The van der Waals surface area contributed by atoms with Crippen molar-refractivity contribution in [2.45, 2.75) is 25.7 Å². The number of nitrogens with zero attached hydrogens (tertiary/aromatic N) is 4. The second-order valence-electron chi connectivity index (χ2n) is 6.72. The number of benzene rings is 1. The van der Waals surface area contributed by atoms with E-state index in [9.17, 15) is 4.79 Å². The van der Waals surface area contributed by atoms with Crippen LogP contribution >= 0.6 is 0 Å². The minimum Gasteiger partial charge on any atom is -0.337 e. The summed E-state index contributed by atoms with van der Waals surface area (Å²) in [5.41, 5.74) is 4.69. The van der Waals surface area contributed by atoms with Crippen LogP contribution in [0.1, 0.15) is 40.5 Å². The van der Waals surface area contributed by atoms with Crippen LogP contribution in [0.5, 0.6) is 0 Å². The monoisotopic (exact) mass is 347 g/mol. The molecule has 3 aromatic rings. The Labute approximate surface area is 152 Å². The van der Waals surface area contributed by atoms with Crippen LogP contribution in [0.4, 0.5) is 0 Å². The number of aromatic nitrogens is 4. The molecule has 1 saturated heterocycles. The van der Waals surface area contributed by atoms with E-state index in [0.29, 0.717) is 12.2 Å². The van der Waals surface area contributed by atoms with Gasteiger partial charge in [-0.3, -0.25) is 19.9 Å². The van der Waals surface area contributed by atoms with E-state index in [0.717, 1.165) is 36.3 Å². The highest BCUT2D eigenvalue weighted by Crippen LogP contribution is 2.32. The van der Waals surface area contributed by atoms with Crippen molar-refractivity contribution in [3.05, 3.63) is 65.9 Å². The molecule has 132 valence electrons. The van der Waals surface area contributed by atoms with Gasteiger partial charge in [0, 0.05) is 43.2 Å². The second-order valence-corrected chi connectivity index (χ2v) is 6.72. The van der Waals surface area contributed by atoms with Crippen LogP contribution in [0.2, 0.25) is 0 Å². The Morgan fingerprint density at radius 2 is 2.08 bits per heavy atom. The van der Waals surface area contributed by atoms with Gasteiger partial charge < -0.3 is 4.90 Å². The third-order valence-electron chi connectivity index (χ3n) is 4.84. The zero-order valence-corrected chi connectivity index (χ0v) is 14.7. The molecule has 2 aromatic heterocycles. The summed E-state index contributed by atoms with van der Waals surface area (Å²) in [5.74, 6) is 0.174. The number of likely N-dealkylation sites (tertiary alicyclic amines) is 1. The Morgan fingerprint density at radius 3 is 2.88 bits per heavy atom. The zero-order chi connectivity index (χ0) is 17.9. The van der Waals surface area contributed by atoms with Gasteiger partial charge in [0.1, 0.15) is 5.69 Å². The molecule has 4 rings (SSSR count). The normalized spacial score (nSPS) is 17.3. The number of nitrogens with one attached hydrogen (secondary N) is 1. The van der Waals surface area contributed by atoms with E-state index in [1.54, 1.807) is 24.7 Å². The fourth-order valence-corrected chi connectivity index (χ4v) is 3.59. The molecule has 6 nitrogen and oxygen atoms in total. The molecule has 1 N–H and O–H groups in total. The van der Waals surface area contributed by atoms with Gasteiger partial charge in [-0.2, -0.15) is 5.10 Å². The van der Waals surface area contributed by atoms with Gasteiger partial charge in [-0.25, -0.2) is 0 Å². The van der Waals surface area contributed by atoms with Crippen LogP contribution in [0.3, 0.4) is 0 Å². The van der Waals surface area contributed by atoms with Gasteiger partial charge in [0.25, 0.3) is 5.91 Å². The molecule has 0 radical (unpaired) electrons. The maximum Gasteiger partial charge on any atom is 0.271 e. The molecule has 0 spiro atoms. The quantitative estimate of drug-likeness (QED) is 0.789. The van der Waals surface area contributed by atoms with Crippen LogP contribution in [0.15, 0.2) is 48.9 Å². The van der Waals surface area contributed by atoms with Crippen LogP contribution < -0.4 is 0 Å². The highest BCUT2D eigenvalue weighted by atomic mass is 16.2. The highest BCUT2D eigenvalue weighted by molar-refractivity contribution is 5.92. The number of carbonyl (C=O) groups excluding carboxylic acids is 1. The van der Waals surface area contributed by atoms with Gasteiger partial charge in [0.15, 0.2) is 0 Å². The summed E-state index contributed by atoms with van der Waals surface area (Å²) in [7, 11) is 0. The topological polar surface area (TPSA) is 74.8 Å². The lowest BCUT2D eigenvalue weighted by Gasteiger charge is -2.32. The van der Waals surface area contributed by atoms with Crippen molar-refractivity contribution >= 4 is 5.91 Å². The minimum absolute atomic E-state index is 0.00630. The number of hydrogen-bond donors (Lipinski definition) is 1. The van der Waals surface area contributed by atoms with E-state index >= 15 is 0 Å². The van der Waals surface area contributed by atoms with E-state index in [4.69, 9.17) is 0 Å². The molecule has 0 aliphatic carbocycles. The van der Waals surface area contributed by atoms with E-state index in [2.05, 4.69) is 45.3 Å². The molecule has 6 heteroatoms. The third kappa shape index (κ3) is 3.22. The summed E-state index contributed by atoms with van der Waals surface area (Å²) in [6, 6.07) is 10.0. The Kier molecular flexibility index (Phi) is 4.48. The van der Waals surface area contributed by atoms with Crippen molar-refractivity contribution in [2.75, 3.05) is 13.1 Å². The number of carbonyl (C=O) groups is 1. The summed E-state index contributed by atoms with van der Waals surface area (Å²) in [4.78, 5) is 23.8. The summed E-state index contributed by atoms with van der Waals surface area (Å²) in [6.07, 6.45) is 7.04. The standard InChI is InChI=1S/C20H21N5O/c1-14-4-2-5-15(12-14)18-19(22-10-9-21-18)16-6-3-11-25(13-16)20(26)17-7-8-23-24-17/h2,4-5,7-10,12,16H,3,6,11,13H2,1H3,(H,23,24)/t16-/m1/s1. The molecule has 0 unspecified atom stereocenters. The maximum absolute atomic E-state index is 12.7. The van der Waals surface area contributed by atoms with E-state index in [1.165, 1.54) is 5.56 Å². The predicted molar refractivity (Wildman–Crippen MR) is 98.7 cm³/mol. The Balaban J connectivity index is 1.62. The smallest absolute Gasteiger partial charge is 0.271 e. The van der Waals surface area contributed by atoms with Gasteiger partial charge in [-0.1, -0.05) is 23.8 Å². The molecule has 1 fully saturated rings. The third-order valence-corrected chi connectivity index (χ3v) is 4.84. The summed E-state index contributed by atoms with van der Waals surface area (Å²) < 4.78 is 0. The van der Waals surface area contributed by atoms with Crippen molar-refractivity contribution in [3.63, 3.8) is 0 Å². The average molecular weight is 347 g/mol. The minimum atomic E-state index is -0.00630. The average Bonchev–Trinajstić information content (AvgIpc) is 3.22.